The molecule has 2 atom stereocenters. The van der Waals surface area contributed by atoms with Crippen LogP contribution in [0.4, 0.5) is 0 Å². The highest BCUT2D eigenvalue weighted by Gasteiger charge is 2.17. The molecule has 0 aromatic rings. The molecule has 0 rings (SSSR count). The van der Waals surface area contributed by atoms with Crippen LogP contribution in [0.1, 0.15) is 0 Å². The van der Waals surface area contributed by atoms with E-state index < -0.39 is 16.4 Å². The van der Waals surface area contributed by atoms with E-state index >= 15 is 0 Å². The molecule has 0 aliphatic heterocycles. The molecule has 0 saturated carbocycles. The molecule has 0 radical (unpaired) electrons. The molecule has 0 aliphatic rings. The normalized spacial score (nSPS) is 22.1. The molecule has 0 aromatic carbocycles. The van der Waals surface area contributed by atoms with Gasteiger partial charge in [0.05, 0.1) is 16.4 Å². The van der Waals surface area contributed by atoms with E-state index in [1.807, 2.05) is 0 Å². The maximum absolute atomic E-state index is 5.44. The van der Waals surface area contributed by atoms with Crippen LogP contribution in [0.3, 0.4) is 0 Å². The van der Waals surface area contributed by atoms with E-state index in [0.717, 1.165) is 0 Å². The maximum atomic E-state index is 5.44. The number of rotatable bonds is 2. The molecule has 4 N–H and O–H groups in total. The molecule has 5 heteroatoms. The van der Waals surface area contributed by atoms with Crippen LogP contribution in [-0.2, 0) is 0 Å². The molecular weight excluding hydrogens is 170 g/mol. The summed E-state index contributed by atoms with van der Waals surface area (Å²) in [5, 5.41) is -0.571. The van der Waals surface area contributed by atoms with Crippen molar-refractivity contribution in [3.63, 3.8) is 0 Å². The number of hydrogen-bond donors (Lipinski definition) is 2. The van der Waals surface area contributed by atoms with Gasteiger partial charge in [0, 0.05) is 0 Å². The van der Waals surface area contributed by atoms with Crippen molar-refractivity contribution in [2.45, 2.75) is 16.4 Å². The topological polar surface area (TPSA) is 52.0 Å². The third-order valence-corrected chi connectivity index (χ3v) is 1.95. The third-order valence-electron chi connectivity index (χ3n) is 0.608. The van der Waals surface area contributed by atoms with Crippen molar-refractivity contribution in [3.8, 4) is 0 Å². The Morgan fingerprint density at radius 1 is 0.875 bits per heavy atom. The fourth-order valence-corrected chi connectivity index (χ4v) is 0.564. The van der Waals surface area contributed by atoms with Crippen molar-refractivity contribution in [3.05, 3.63) is 0 Å². The minimum absolute atomic E-state index is 0.571. The quantitative estimate of drug-likeness (QED) is 0.480. The molecule has 8 heavy (non-hydrogen) atoms. The SMILES string of the molecule is NC(Cl)C(Cl)C(N)Cl. The zero-order valence-electron chi connectivity index (χ0n) is 4.02. The highest BCUT2D eigenvalue weighted by Crippen LogP contribution is 2.10. The Hall–Kier alpha value is 0.790. The first kappa shape index (κ1) is 8.79. The summed E-state index contributed by atoms with van der Waals surface area (Å²) in [6, 6.07) is 0. The molecule has 0 amide bonds. The monoisotopic (exact) mass is 176 g/mol. The van der Waals surface area contributed by atoms with E-state index in [9.17, 15) is 0 Å². The van der Waals surface area contributed by atoms with E-state index in [2.05, 4.69) is 0 Å². The Morgan fingerprint density at radius 2 is 1.12 bits per heavy atom. The van der Waals surface area contributed by atoms with Crippen LogP contribution < -0.4 is 11.5 Å². The zero-order chi connectivity index (χ0) is 6.73. The summed E-state index contributed by atoms with van der Waals surface area (Å²) in [6.07, 6.45) is 0. The Balaban J connectivity index is 3.46. The van der Waals surface area contributed by atoms with Crippen LogP contribution in [0, 0.1) is 0 Å². The van der Waals surface area contributed by atoms with Crippen molar-refractivity contribution >= 4 is 34.8 Å². The molecule has 0 fully saturated rings. The highest BCUT2D eigenvalue weighted by molar-refractivity contribution is 6.34. The Morgan fingerprint density at radius 3 is 1.12 bits per heavy atom. The molecule has 50 valence electrons. The smallest absolute Gasteiger partial charge is 0.0993 e. The van der Waals surface area contributed by atoms with Crippen LogP contribution in [0.25, 0.3) is 0 Å². The van der Waals surface area contributed by atoms with Gasteiger partial charge in [-0.25, -0.2) is 0 Å². The average Bonchev–Trinajstić information content (AvgIpc) is 1.64. The van der Waals surface area contributed by atoms with Gasteiger partial charge in [-0.05, 0) is 0 Å². The van der Waals surface area contributed by atoms with E-state index in [0.29, 0.717) is 0 Å². The van der Waals surface area contributed by atoms with Gasteiger partial charge in [0.25, 0.3) is 0 Å². The molecule has 0 saturated heterocycles. The lowest BCUT2D eigenvalue weighted by Gasteiger charge is -2.12. The van der Waals surface area contributed by atoms with Crippen LogP contribution in [0.15, 0.2) is 0 Å². The standard InChI is InChI=1S/C3H7Cl3N2/c4-1(2(5)7)3(6)8/h1-3H,7-8H2. The Bertz CT molecular complexity index is 57.5. The van der Waals surface area contributed by atoms with Crippen molar-refractivity contribution in [2.75, 3.05) is 0 Å². The van der Waals surface area contributed by atoms with Crippen molar-refractivity contribution in [1.29, 1.82) is 0 Å². The van der Waals surface area contributed by atoms with Gasteiger partial charge >= 0.3 is 0 Å². The number of hydrogen-bond acceptors (Lipinski definition) is 2. The lowest BCUT2D eigenvalue weighted by Crippen LogP contribution is -2.36. The highest BCUT2D eigenvalue weighted by atomic mass is 35.5. The summed E-state index contributed by atoms with van der Waals surface area (Å²) >= 11 is 16.0. The second kappa shape index (κ2) is 3.75. The summed E-state index contributed by atoms with van der Waals surface area (Å²) in [5.74, 6) is 0. The minimum atomic E-state index is -0.677. The van der Waals surface area contributed by atoms with Crippen molar-refractivity contribution in [1.82, 2.24) is 0 Å². The molecule has 0 spiro atoms. The lowest BCUT2D eigenvalue weighted by molar-refractivity contribution is 0.753. The third kappa shape index (κ3) is 2.95. The van der Waals surface area contributed by atoms with Gasteiger partial charge in [0.15, 0.2) is 0 Å². The first-order chi connectivity index (χ1) is 3.55. The molecule has 0 bridgehead atoms. The summed E-state index contributed by atoms with van der Waals surface area (Å²) in [5.41, 5.74) is 8.86. The number of halogens is 3. The summed E-state index contributed by atoms with van der Waals surface area (Å²) in [4.78, 5) is 0. The van der Waals surface area contributed by atoms with Crippen LogP contribution in [0.5, 0.6) is 0 Å². The summed E-state index contributed by atoms with van der Waals surface area (Å²) in [6.45, 7) is 0. The molecule has 2 nitrogen and oxygen atoms in total. The van der Waals surface area contributed by atoms with E-state index in [-0.39, 0.29) is 0 Å². The molecule has 0 aromatic heterocycles. The largest absolute Gasteiger partial charge is 0.314 e. The van der Waals surface area contributed by atoms with Gasteiger partial charge in [0.2, 0.25) is 0 Å². The molecule has 0 aliphatic carbocycles. The lowest BCUT2D eigenvalue weighted by atomic mass is 10.4. The first-order valence-electron chi connectivity index (χ1n) is 1.99. The van der Waals surface area contributed by atoms with Gasteiger partial charge in [-0.2, -0.15) is 0 Å². The predicted octanol–water partition coefficient (Wildman–Crippen LogP) is 0.641. The fourth-order valence-electron chi connectivity index (χ4n) is 0.176. The van der Waals surface area contributed by atoms with E-state index in [1.165, 1.54) is 0 Å². The van der Waals surface area contributed by atoms with Crippen molar-refractivity contribution < 1.29 is 0 Å². The predicted molar refractivity (Wildman–Crippen MR) is 37.3 cm³/mol. The maximum Gasteiger partial charge on any atom is 0.0993 e. The first-order valence-corrected chi connectivity index (χ1v) is 3.30. The van der Waals surface area contributed by atoms with E-state index in [4.69, 9.17) is 46.3 Å². The second-order valence-corrected chi connectivity index (χ2v) is 2.85. The van der Waals surface area contributed by atoms with Gasteiger partial charge in [-0.1, -0.05) is 0 Å². The number of alkyl halides is 3. The van der Waals surface area contributed by atoms with Gasteiger partial charge in [0.1, 0.15) is 0 Å². The zero-order valence-corrected chi connectivity index (χ0v) is 6.29. The van der Waals surface area contributed by atoms with Crippen LogP contribution in [0.2, 0.25) is 0 Å². The van der Waals surface area contributed by atoms with Crippen molar-refractivity contribution in [2.24, 2.45) is 11.5 Å². The molecule has 2 unspecified atom stereocenters. The fraction of sp³-hybridized carbons (Fsp3) is 1.00. The van der Waals surface area contributed by atoms with E-state index in [1.54, 1.807) is 0 Å². The van der Waals surface area contributed by atoms with Crippen LogP contribution in [-0.4, -0.2) is 16.4 Å². The average molecular weight is 177 g/mol. The molecule has 0 heterocycles. The summed E-state index contributed by atoms with van der Waals surface area (Å²) < 4.78 is 0. The Kier molecular flexibility index (Phi) is 4.12. The Labute approximate surface area is 63.1 Å². The number of nitrogens with two attached hydrogens (primary N) is 2. The van der Waals surface area contributed by atoms with Gasteiger partial charge < -0.3 is 11.5 Å². The summed E-state index contributed by atoms with van der Waals surface area (Å²) in [7, 11) is 0. The minimum Gasteiger partial charge on any atom is -0.314 e. The van der Waals surface area contributed by atoms with Gasteiger partial charge in [-0.3, -0.25) is 0 Å². The second-order valence-electron chi connectivity index (χ2n) is 1.33. The van der Waals surface area contributed by atoms with Gasteiger partial charge in [-0.15, -0.1) is 34.8 Å². The molecular formula is C3H7Cl3N2. The van der Waals surface area contributed by atoms with Crippen LogP contribution >= 0.6 is 34.8 Å².